The minimum atomic E-state index is -0.851. The molecular formula is C23H23IN2O5. The van der Waals surface area contributed by atoms with Gasteiger partial charge in [0.2, 0.25) is 11.7 Å². The molecule has 0 aliphatic carbocycles. The lowest BCUT2D eigenvalue weighted by Crippen LogP contribution is -2.49. The number of alkyl carbamates (subject to hydrolysis) is 1. The monoisotopic (exact) mass is 534 g/mol. The van der Waals surface area contributed by atoms with Crippen molar-refractivity contribution in [1.82, 2.24) is 10.2 Å². The summed E-state index contributed by atoms with van der Waals surface area (Å²) in [5.41, 5.74) is 1.71. The topological polar surface area (TPSA) is 92.8 Å². The first-order valence-electron chi connectivity index (χ1n) is 9.55. The van der Waals surface area contributed by atoms with Gasteiger partial charge in [0.15, 0.2) is 6.29 Å². The molecule has 0 saturated heterocycles. The Morgan fingerprint density at radius 2 is 1.61 bits per heavy atom. The molecule has 0 aliphatic heterocycles. The second kappa shape index (κ2) is 13.3. The molecule has 1 N–H and O–H groups in total. The molecule has 0 heterocycles. The molecular weight excluding hydrogens is 511 g/mol. The Balaban J connectivity index is 2.07. The van der Waals surface area contributed by atoms with Gasteiger partial charge >= 0.3 is 6.09 Å². The summed E-state index contributed by atoms with van der Waals surface area (Å²) in [7, 11) is 0. The van der Waals surface area contributed by atoms with Crippen molar-refractivity contribution in [3.8, 4) is 0 Å². The van der Waals surface area contributed by atoms with E-state index in [-0.39, 0.29) is 31.8 Å². The van der Waals surface area contributed by atoms with E-state index in [1.54, 1.807) is 0 Å². The molecule has 1 unspecified atom stereocenters. The van der Waals surface area contributed by atoms with Gasteiger partial charge in [-0.25, -0.2) is 4.79 Å². The number of ether oxygens (including phenoxy) is 1. The summed E-state index contributed by atoms with van der Waals surface area (Å²) in [6.45, 7) is 0.221. The number of amides is 2. The van der Waals surface area contributed by atoms with Crippen molar-refractivity contribution >= 4 is 46.7 Å². The summed E-state index contributed by atoms with van der Waals surface area (Å²) >= 11 is 2.03. The molecule has 1 atom stereocenters. The fourth-order valence-electron chi connectivity index (χ4n) is 2.71. The Bertz CT molecular complexity index is 903. The lowest BCUT2D eigenvalue weighted by molar-refractivity contribution is -0.131. The van der Waals surface area contributed by atoms with Gasteiger partial charge in [-0.05, 0) is 17.2 Å². The summed E-state index contributed by atoms with van der Waals surface area (Å²) < 4.78 is 5.60. The first kappa shape index (κ1) is 24.3. The van der Waals surface area contributed by atoms with Gasteiger partial charge in [-0.2, -0.15) is 0 Å². The number of nitrogens with one attached hydrogen (secondary N) is 1. The molecule has 2 amide bonds. The molecule has 2 rings (SSSR count). The number of carbonyl (C=O) groups is 4. The van der Waals surface area contributed by atoms with Crippen LogP contribution in [-0.4, -0.2) is 46.1 Å². The van der Waals surface area contributed by atoms with Gasteiger partial charge < -0.3 is 15.0 Å². The SMILES string of the molecule is O=CC(=O)C=CCN(CI)C(=O)C(Cc1ccccc1)NC(=O)OCc1ccccc1. The number of halogens is 1. The molecule has 0 radical (unpaired) electrons. The molecule has 0 spiro atoms. The standard InChI is InChI=1S/C23H23IN2O5/c24-17-26(13-7-12-20(28)15-27)22(29)21(14-18-8-3-1-4-9-18)25-23(30)31-16-19-10-5-2-6-11-19/h1-12,15,21H,13-14,16-17H2,(H,25,30). The van der Waals surface area contributed by atoms with Crippen molar-refractivity contribution in [2.45, 2.75) is 19.1 Å². The van der Waals surface area contributed by atoms with Gasteiger partial charge in [0.1, 0.15) is 12.6 Å². The van der Waals surface area contributed by atoms with Crippen molar-refractivity contribution < 1.29 is 23.9 Å². The highest BCUT2D eigenvalue weighted by molar-refractivity contribution is 14.1. The quantitative estimate of drug-likeness (QED) is 0.120. The normalized spacial score (nSPS) is 11.5. The third-order valence-corrected chi connectivity index (χ3v) is 5.09. The fourth-order valence-corrected chi connectivity index (χ4v) is 3.33. The van der Waals surface area contributed by atoms with E-state index >= 15 is 0 Å². The zero-order chi connectivity index (χ0) is 22.5. The Labute approximate surface area is 194 Å². The van der Waals surface area contributed by atoms with Crippen LogP contribution in [-0.2, 0) is 32.1 Å². The highest BCUT2D eigenvalue weighted by Gasteiger charge is 2.26. The Morgan fingerprint density at radius 1 is 1.00 bits per heavy atom. The largest absolute Gasteiger partial charge is 0.445 e. The minimum absolute atomic E-state index is 0.0888. The van der Waals surface area contributed by atoms with Gasteiger partial charge in [-0.3, -0.25) is 14.4 Å². The van der Waals surface area contributed by atoms with Crippen molar-refractivity contribution in [3.05, 3.63) is 83.9 Å². The second-order valence-electron chi connectivity index (χ2n) is 6.55. The van der Waals surface area contributed by atoms with Gasteiger partial charge in [0, 0.05) is 13.0 Å². The smallest absolute Gasteiger partial charge is 0.408 e. The molecule has 2 aromatic carbocycles. The molecule has 162 valence electrons. The average Bonchev–Trinajstić information content (AvgIpc) is 2.81. The van der Waals surface area contributed by atoms with E-state index in [2.05, 4.69) is 5.32 Å². The third-order valence-electron chi connectivity index (χ3n) is 4.27. The molecule has 0 aliphatic rings. The highest BCUT2D eigenvalue weighted by atomic mass is 127. The van der Waals surface area contributed by atoms with Crippen LogP contribution in [0.15, 0.2) is 72.8 Å². The molecule has 2 aromatic rings. The zero-order valence-corrected chi connectivity index (χ0v) is 18.9. The van der Waals surface area contributed by atoms with E-state index < -0.39 is 17.9 Å². The molecule has 0 saturated carbocycles. The summed E-state index contributed by atoms with van der Waals surface area (Å²) in [4.78, 5) is 48.5. The predicted molar refractivity (Wildman–Crippen MR) is 125 cm³/mol. The molecule has 7 nitrogen and oxygen atoms in total. The number of hydrogen-bond donors (Lipinski definition) is 1. The number of rotatable bonds is 11. The first-order chi connectivity index (χ1) is 15.0. The van der Waals surface area contributed by atoms with Crippen LogP contribution in [0.2, 0.25) is 0 Å². The van der Waals surface area contributed by atoms with Gasteiger partial charge in [0.25, 0.3) is 0 Å². The predicted octanol–water partition coefficient (Wildman–Crippen LogP) is 3.07. The van der Waals surface area contributed by atoms with E-state index in [0.717, 1.165) is 17.2 Å². The summed E-state index contributed by atoms with van der Waals surface area (Å²) in [5.74, 6) is -0.998. The number of alkyl halides is 1. The van der Waals surface area contributed by atoms with Crippen molar-refractivity contribution in [2.24, 2.45) is 0 Å². The molecule has 31 heavy (non-hydrogen) atoms. The summed E-state index contributed by atoms with van der Waals surface area (Å²) in [5, 5.41) is 2.66. The van der Waals surface area contributed by atoms with Crippen LogP contribution in [0, 0.1) is 0 Å². The van der Waals surface area contributed by atoms with Crippen LogP contribution >= 0.6 is 22.6 Å². The Morgan fingerprint density at radius 3 is 2.19 bits per heavy atom. The van der Waals surface area contributed by atoms with Crippen molar-refractivity contribution in [3.63, 3.8) is 0 Å². The van der Waals surface area contributed by atoms with E-state index in [0.29, 0.717) is 4.55 Å². The average molecular weight is 534 g/mol. The Kier molecular flexibility index (Phi) is 10.4. The number of benzene rings is 2. The number of nitrogens with zero attached hydrogens (tertiary/aromatic N) is 1. The number of carbonyl (C=O) groups excluding carboxylic acids is 4. The van der Waals surface area contributed by atoms with Crippen molar-refractivity contribution in [2.75, 3.05) is 11.1 Å². The maximum Gasteiger partial charge on any atom is 0.408 e. The van der Waals surface area contributed by atoms with E-state index in [1.165, 1.54) is 11.0 Å². The second-order valence-corrected chi connectivity index (χ2v) is 7.23. The molecule has 8 heteroatoms. The van der Waals surface area contributed by atoms with E-state index in [1.807, 2.05) is 83.3 Å². The van der Waals surface area contributed by atoms with Gasteiger partial charge in [-0.1, -0.05) is 89.3 Å². The van der Waals surface area contributed by atoms with Crippen LogP contribution in [0.1, 0.15) is 11.1 Å². The van der Waals surface area contributed by atoms with Gasteiger partial charge in [-0.15, -0.1) is 0 Å². The maximum atomic E-state index is 13.1. The number of hydrogen-bond acceptors (Lipinski definition) is 5. The number of ketones is 1. The highest BCUT2D eigenvalue weighted by Crippen LogP contribution is 2.09. The first-order valence-corrected chi connectivity index (χ1v) is 11.1. The van der Waals surface area contributed by atoms with E-state index in [9.17, 15) is 19.2 Å². The molecule has 0 aromatic heterocycles. The van der Waals surface area contributed by atoms with Crippen LogP contribution in [0.25, 0.3) is 0 Å². The number of allylic oxidation sites excluding steroid dienone is 1. The lowest BCUT2D eigenvalue weighted by Gasteiger charge is -2.25. The Hall–Kier alpha value is -3.01. The third kappa shape index (κ3) is 8.71. The molecule has 0 fully saturated rings. The van der Waals surface area contributed by atoms with Crippen LogP contribution in [0.5, 0.6) is 0 Å². The molecule has 0 bridgehead atoms. The minimum Gasteiger partial charge on any atom is -0.445 e. The maximum absolute atomic E-state index is 13.1. The summed E-state index contributed by atoms with van der Waals surface area (Å²) in [6, 6.07) is 17.7. The van der Waals surface area contributed by atoms with Gasteiger partial charge in [0.05, 0.1) is 4.55 Å². The summed E-state index contributed by atoms with van der Waals surface area (Å²) in [6.07, 6.45) is 2.35. The van der Waals surface area contributed by atoms with Crippen molar-refractivity contribution in [1.29, 1.82) is 0 Å². The lowest BCUT2D eigenvalue weighted by atomic mass is 10.0. The van der Waals surface area contributed by atoms with E-state index in [4.69, 9.17) is 4.74 Å². The fraction of sp³-hybridized carbons (Fsp3) is 0.217. The number of aldehydes is 1. The van der Waals surface area contributed by atoms with Crippen LogP contribution in [0.4, 0.5) is 4.79 Å². The zero-order valence-electron chi connectivity index (χ0n) is 16.8. The van der Waals surface area contributed by atoms with Crippen LogP contribution < -0.4 is 5.32 Å². The van der Waals surface area contributed by atoms with Crippen LogP contribution in [0.3, 0.4) is 0 Å².